The second kappa shape index (κ2) is 7.28. The molecule has 0 radical (unpaired) electrons. The van der Waals surface area contributed by atoms with Crippen LogP contribution in [0.3, 0.4) is 0 Å². The predicted octanol–water partition coefficient (Wildman–Crippen LogP) is 1.05. The number of aromatic nitrogens is 2. The highest BCUT2D eigenvalue weighted by atomic mass is 32.2. The van der Waals surface area contributed by atoms with Crippen LogP contribution in [0.5, 0.6) is 5.75 Å². The standard InChI is InChI=1S/C18H22N4O3S/c23-15-2-1-5-22-16(15)19-12-14(18(22)25)17(24)21-8-6-20(7-9-21)13-3-10-26-11-4-13/h1-2,5,12-13,23H,3-4,6-11H2. The molecule has 8 heteroatoms. The van der Waals surface area contributed by atoms with Gasteiger partial charge in [0, 0.05) is 44.6 Å². The Balaban J connectivity index is 1.49. The van der Waals surface area contributed by atoms with Gasteiger partial charge >= 0.3 is 0 Å². The largest absolute Gasteiger partial charge is 0.504 e. The van der Waals surface area contributed by atoms with Gasteiger partial charge < -0.3 is 10.0 Å². The van der Waals surface area contributed by atoms with Crippen LogP contribution in [0.25, 0.3) is 5.65 Å². The molecule has 0 bridgehead atoms. The van der Waals surface area contributed by atoms with E-state index in [4.69, 9.17) is 0 Å². The lowest BCUT2D eigenvalue weighted by Gasteiger charge is -2.40. The predicted molar refractivity (Wildman–Crippen MR) is 101 cm³/mol. The molecule has 138 valence electrons. The number of rotatable bonds is 2. The molecule has 2 fully saturated rings. The van der Waals surface area contributed by atoms with Crippen LogP contribution in [-0.2, 0) is 0 Å². The van der Waals surface area contributed by atoms with E-state index in [1.54, 1.807) is 11.0 Å². The van der Waals surface area contributed by atoms with Gasteiger partial charge in [-0.15, -0.1) is 0 Å². The number of fused-ring (bicyclic) bond motifs is 1. The summed E-state index contributed by atoms with van der Waals surface area (Å²) in [6.07, 6.45) is 5.24. The molecule has 0 saturated carbocycles. The molecule has 0 unspecified atom stereocenters. The van der Waals surface area contributed by atoms with Crippen LogP contribution < -0.4 is 5.56 Å². The Bertz CT molecular complexity index is 870. The number of thioether (sulfide) groups is 1. The Morgan fingerprint density at radius 2 is 1.92 bits per heavy atom. The number of hydrogen-bond acceptors (Lipinski definition) is 6. The lowest BCUT2D eigenvalue weighted by atomic mass is 10.1. The minimum absolute atomic E-state index is 0.0515. The average molecular weight is 374 g/mol. The van der Waals surface area contributed by atoms with Crippen molar-refractivity contribution in [3.63, 3.8) is 0 Å². The Morgan fingerprint density at radius 1 is 1.19 bits per heavy atom. The number of aromatic hydroxyl groups is 1. The van der Waals surface area contributed by atoms with Crippen molar-refractivity contribution in [2.45, 2.75) is 18.9 Å². The summed E-state index contributed by atoms with van der Waals surface area (Å²) in [7, 11) is 0. The van der Waals surface area contributed by atoms with E-state index in [-0.39, 0.29) is 22.9 Å². The lowest BCUT2D eigenvalue weighted by molar-refractivity contribution is 0.0557. The van der Waals surface area contributed by atoms with E-state index in [0.29, 0.717) is 19.1 Å². The van der Waals surface area contributed by atoms with Crippen molar-refractivity contribution < 1.29 is 9.90 Å². The van der Waals surface area contributed by atoms with Crippen LogP contribution >= 0.6 is 11.8 Å². The van der Waals surface area contributed by atoms with Gasteiger partial charge in [-0.3, -0.25) is 18.9 Å². The molecule has 2 aromatic rings. The molecule has 0 aromatic carbocycles. The van der Waals surface area contributed by atoms with Crippen LogP contribution in [0.4, 0.5) is 0 Å². The summed E-state index contributed by atoms with van der Waals surface area (Å²) in [4.78, 5) is 33.8. The number of hydrogen-bond donors (Lipinski definition) is 1. The second-order valence-electron chi connectivity index (χ2n) is 6.74. The molecule has 2 saturated heterocycles. The van der Waals surface area contributed by atoms with Crippen molar-refractivity contribution >= 4 is 23.3 Å². The Labute approximate surface area is 155 Å². The summed E-state index contributed by atoms with van der Waals surface area (Å²) in [5, 5.41) is 9.80. The molecule has 2 aromatic heterocycles. The summed E-state index contributed by atoms with van der Waals surface area (Å²) in [6, 6.07) is 3.65. The van der Waals surface area contributed by atoms with Crippen LogP contribution in [0.1, 0.15) is 23.2 Å². The monoisotopic (exact) mass is 374 g/mol. The number of nitrogens with zero attached hydrogens (tertiary/aromatic N) is 4. The van der Waals surface area contributed by atoms with Crippen LogP contribution in [0.2, 0.25) is 0 Å². The van der Waals surface area contributed by atoms with Gasteiger partial charge in [0.25, 0.3) is 11.5 Å². The molecule has 0 spiro atoms. The smallest absolute Gasteiger partial charge is 0.270 e. The zero-order chi connectivity index (χ0) is 18.1. The second-order valence-corrected chi connectivity index (χ2v) is 7.96. The molecule has 7 nitrogen and oxygen atoms in total. The van der Waals surface area contributed by atoms with E-state index in [2.05, 4.69) is 9.88 Å². The number of piperazine rings is 1. The maximum atomic E-state index is 12.8. The van der Waals surface area contributed by atoms with Gasteiger partial charge in [-0.25, -0.2) is 4.98 Å². The number of amides is 1. The molecular weight excluding hydrogens is 352 g/mol. The van der Waals surface area contributed by atoms with Crippen molar-refractivity contribution in [1.82, 2.24) is 19.2 Å². The molecule has 0 atom stereocenters. The molecule has 4 heterocycles. The van der Waals surface area contributed by atoms with Gasteiger partial charge in [-0.2, -0.15) is 11.8 Å². The quantitative estimate of drug-likeness (QED) is 0.847. The minimum Gasteiger partial charge on any atom is -0.504 e. The molecule has 4 rings (SSSR count). The molecule has 1 amide bonds. The summed E-state index contributed by atoms with van der Waals surface area (Å²) in [6.45, 7) is 2.96. The van der Waals surface area contributed by atoms with E-state index >= 15 is 0 Å². The van der Waals surface area contributed by atoms with E-state index < -0.39 is 5.56 Å². The van der Waals surface area contributed by atoms with Crippen molar-refractivity contribution in [2.24, 2.45) is 0 Å². The lowest BCUT2D eigenvalue weighted by Crippen LogP contribution is -2.53. The van der Waals surface area contributed by atoms with Crippen molar-refractivity contribution in [3.05, 3.63) is 40.4 Å². The van der Waals surface area contributed by atoms with Crippen molar-refractivity contribution in [2.75, 3.05) is 37.7 Å². The molecule has 26 heavy (non-hydrogen) atoms. The Morgan fingerprint density at radius 3 is 2.65 bits per heavy atom. The Kier molecular flexibility index (Phi) is 4.86. The Hall–Kier alpha value is -2.06. The van der Waals surface area contributed by atoms with Crippen LogP contribution in [0.15, 0.2) is 29.3 Å². The molecule has 1 N–H and O–H groups in total. The van der Waals surface area contributed by atoms with E-state index in [0.717, 1.165) is 13.1 Å². The van der Waals surface area contributed by atoms with Gasteiger partial charge in [-0.1, -0.05) is 0 Å². The number of carbonyl (C=O) groups excluding carboxylic acids is 1. The van der Waals surface area contributed by atoms with Crippen LogP contribution in [-0.4, -0.2) is 73.9 Å². The molecule has 2 aliphatic rings. The summed E-state index contributed by atoms with van der Waals surface area (Å²) in [5.74, 6) is 2.08. The van der Waals surface area contributed by atoms with E-state index in [1.807, 2.05) is 11.8 Å². The highest BCUT2D eigenvalue weighted by Gasteiger charge is 2.28. The third-order valence-electron chi connectivity index (χ3n) is 5.25. The zero-order valence-corrected chi connectivity index (χ0v) is 15.3. The first kappa shape index (κ1) is 17.4. The molecular formula is C18H22N4O3S. The molecule has 2 aliphatic heterocycles. The molecule has 0 aliphatic carbocycles. The third-order valence-corrected chi connectivity index (χ3v) is 6.30. The normalized spacial score (nSPS) is 19.8. The number of pyridine rings is 1. The SMILES string of the molecule is O=C(c1cnc2c(O)cccn2c1=O)N1CCN(C2CCSCC2)CC1. The third kappa shape index (κ3) is 3.19. The fraction of sp³-hybridized carbons (Fsp3) is 0.500. The van der Waals surface area contributed by atoms with Crippen molar-refractivity contribution in [1.29, 1.82) is 0 Å². The van der Waals surface area contributed by atoms with Crippen molar-refractivity contribution in [3.8, 4) is 5.75 Å². The van der Waals surface area contributed by atoms with E-state index in [9.17, 15) is 14.7 Å². The van der Waals surface area contributed by atoms with Gasteiger partial charge in [0.05, 0.1) is 0 Å². The van der Waals surface area contributed by atoms with Gasteiger partial charge in [-0.05, 0) is 36.5 Å². The zero-order valence-electron chi connectivity index (χ0n) is 14.5. The number of carbonyl (C=O) groups is 1. The first-order valence-corrected chi connectivity index (χ1v) is 10.1. The average Bonchev–Trinajstić information content (AvgIpc) is 2.69. The maximum Gasteiger partial charge on any atom is 0.270 e. The fourth-order valence-corrected chi connectivity index (χ4v) is 4.83. The topological polar surface area (TPSA) is 78.1 Å². The van der Waals surface area contributed by atoms with Gasteiger partial charge in [0.15, 0.2) is 11.4 Å². The fourth-order valence-electron chi connectivity index (χ4n) is 3.75. The maximum absolute atomic E-state index is 12.8. The summed E-state index contributed by atoms with van der Waals surface area (Å²) < 4.78 is 1.22. The van der Waals surface area contributed by atoms with E-state index in [1.165, 1.54) is 47.2 Å². The highest BCUT2D eigenvalue weighted by Crippen LogP contribution is 2.23. The van der Waals surface area contributed by atoms with Crippen LogP contribution in [0, 0.1) is 0 Å². The first-order valence-electron chi connectivity index (χ1n) is 8.95. The summed E-state index contributed by atoms with van der Waals surface area (Å²) >= 11 is 2.02. The van der Waals surface area contributed by atoms with Gasteiger partial charge in [0.2, 0.25) is 0 Å². The summed E-state index contributed by atoms with van der Waals surface area (Å²) in [5.41, 5.74) is -0.229. The van der Waals surface area contributed by atoms with Gasteiger partial charge in [0.1, 0.15) is 5.56 Å². The highest BCUT2D eigenvalue weighted by molar-refractivity contribution is 7.99. The first-order chi connectivity index (χ1) is 12.6. The minimum atomic E-state index is -0.442.